The molecule has 1 N–H and O–H groups in total. The molecule has 1 rings (SSSR count). The Labute approximate surface area is 127 Å². The lowest BCUT2D eigenvalue weighted by atomic mass is 10.2. The van der Waals surface area contributed by atoms with Crippen LogP contribution in [0.4, 0.5) is 0 Å². The van der Waals surface area contributed by atoms with E-state index in [9.17, 15) is 4.79 Å². The number of benzene rings is 1. The molecule has 0 aliphatic carbocycles. The maximum absolute atomic E-state index is 11.6. The summed E-state index contributed by atoms with van der Waals surface area (Å²) in [7, 11) is 0. The molecule has 0 aliphatic rings. The van der Waals surface area contributed by atoms with Crippen LogP contribution in [0.5, 0.6) is 0 Å². The molecule has 0 spiro atoms. The lowest BCUT2D eigenvalue weighted by Crippen LogP contribution is -2.21. The molecule has 0 saturated heterocycles. The van der Waals surface area contributed by atoms with Gasteiger partial charge in [0, 0.05) is 15.9 Å². The van der Waals surface area contributed by atoms with Crippen molar-refractivity contribution in [3.8, 4) is 0 Å². The molecule has 0 unspecified atom stereocenters. The number of hydrazone groups is 1. The van der Waals surface area contributed by atoms with E-state index in [4.69, 9.17) is 0 Å². The number of hydrogen-bond donors (Lipinski definition) is 1. The van der Waals surface area contributed by atoms with Gasteiger partial charge in [-0.15, -0.1) is 11.8 Å². The van der Waals surface area contributed by atoms with Gasteiger partial charge in [0.15, 0.2) is 0 Å². The Balaban J connectivity index is 2.29. The minimum atomic E-state index is -0.0422. The highest BCUT2D eigenvalue weighted by Crippen LogP contribution is 2.16. The highest BCUT2D eigenvalue weighted by Gasteiger charge is 2.02. The van der Waals surface area contributed by atoms with Gasteiger partial charge in [-0.05, 0) is 30.5 Å². The summed E-state index contributed by atoms with van der Waals surface area (Å²) in [4.78, 5) is 11.6. The molecule has 0 heterocycles. The second-order valence-electron chi connectivity index (χ2n) is 4.04. The Morgan fingerprint density at radius 2 is 2.11 bits per heavy atom. The van der Waals surface area contributed by atoms with Crippen LogP contribution in [-0.2, 0) is 10.5 Å². The first-order valence-corrected chi connectivity index (χ1v) is 8.27. The van der Waals surface area contributed by atoms with Crippen LogP contribution < -0.4 is 5.43 Å². The summed E-state index contributed by atoms with van der Waals surface area (Å²) in [6.07, 6.45) is 1.75. The van der Waals surface area contributed by atoms with Gasteiger partial charge in [-0.3, -0.25) is 4.79 Å². The zero-order valence-electron chi connectivity index (χ0n) is 11.3. The molecule has 104 valence electrons. The lowest BCUT2D eigenvalue weighted by molar-refractivity contribution is -0.118. The average Bonchev–Trinajstić information content (AvgIpc) is 2.40. The van der Waals surface area contributed by atoms with Crippen LogP contribution in [0, 0.1) is 0 Å². The van der Waals surface area contributed by atoms with Crippen LogP contribution >= 0.6 is 27.7 Å². The molecule has 1 aromatic carbocycles. The normalized spacial score (nSPS) is 10.1. The third-order valence-corrected chi connectivity index (χ3v) is 4.04. The summed E-state index contributed by atoms with van der Waals surface area (Å²) in [6.45, 7) is 4.08. The number of carbonyl (C=O) groups is 1. The van der Waals surface area contributed by atoms with E-state index in [1.165, 1.54) is 5.56 Å². The first-order chi connectivity index (χ1) is 9.15. The van der Waals surface area contributed by atoms with E-state index in [1.807, 2.05) is 26.0 Å². The standard InChI is InChI=1S/C14H19BrN2OS/c1-3-13(4-2)16-17-14(18)10-19-9-11-6-5-7-12(15)8-11/h5-8H,3-4,9-10H2,1-2H3,(H,17,18). The smallest absolute Gasteiger partial charge is 0.250 e. The fourth-order valence-corrected chi connectivity index (χ4v) is 2.68. The van der Waals surface area contributed by atoms with Gasteiger partial charge in [0.25, 0.3) is 0 Å². The number of carbonyl (C=O) groups excluding carboxylic acids is 1. The molecule has 0 aliphatic heterocycles. The molecule has 3 nitrogen and oxygen atoms in total. The predicted molar refractivity (Wildman–Crippen MR) is 86.5 cm³/mol. The number of nitrogens with zero attached hydrogens (tertiary/aromatic N) is 1. The number of amides is 1. The first kappa shape index (κ1) is 16.2. The topological polar surface area (TPSA) is 41.5 Å². The van der Waals surface area contributed by atoms with Crippen LogP contribution in [0.2, 0.25) is 0 Å². The Kier molecular flexibility index (Phi) is 7.82. The van der Waals surface area contributed by atoms with Crippen molar-refractivity contribution in [2.75, 3.05) is 5.75 Å². The minimum Gasteiger partial charge on any atom is -0.272 e. The fourth-order valence-electron chi connectivity index (χ4n) is 1.47. The van der Waals surface area contributed by atoms with Crippen molar-refractivity contribution >= 4 is 39.3 Å². The molecular weight excluding hydrogens is 324 g/mol. The molecule has 5 heteroatoms. The van der Waals surface area contributed by atoms with Gasteiger partial charge in [-0.2, -0.15) is 5.10 Å². The van der Waals surface area contributed by atoms with Crippen LogP contribution in [-0.4, -0.2) is 17.4 Å². The van der Waals surface area contributed by atoms with E-state index < -0.39 is 0 Å². The van der Waals surface area contributed by atoms with E-state index in [0.717, 1.165) is 28.8 Å². The number of thioether (sulfide) groups is 1. The highest BCUT2D eigenvalue weighted by molar-refractivity contribution is 9.10. The number of hydrogen-bond acceptors (Lipinski definition) is 3. The number of rotatable bonds is 7. The van der Waals surface area contributed by atoms with Gasteiger partial charge in [-0.25, -0.2) is 5.43 Å². The van der Waals surface area contributed by atoms with Gasteiger partial charge in [0.1, 0.15) is 0 Å². The molecule has 1 aromatic rings. The zero-order valence-corrected chi connectivity index (χ0v) is 13.7. The molecule has 0 atom stereocenters. The predicted octanol–water partition coefficient (Wildman–Crippen LogP) is 3.97. The Morgan fingerprint density at radius 1 is 1.37 bits per heavy atom. The van der Waals surface area contributed by atoms with Gasteiger partial charge in [0.2, 0.25) is 5.91 Å². The van der Waals surface area contributed by atoms with Crippen molar-refractivity contribution in [1.29, 1.82) is 0 Å². The number of halogens is 1. The SMILES string of the molecule is CCC(CC)=NNC(=O)CSCc1cccc(Br)c1. The van der Waals surface area contributed by atoms with Gasteiger partial charge in [-0.1, -0.05) is 41.9 Å². The molecule has 0 aromatic heterocycles. The summed E-state index contributed by atoms with van der Waals surface area (Å²) >= 11 is 5.02. The molecule has 0 bridgehead atoms. The van der Waals surface area contributed by atoms with Crippen LogP contribution in [0.3, 0.4) is 0 Å². The second kappa shape index (κ2) is 9.15. The van der Waals surface area contributed by atoms with E-state index >= 15 is 0 Å². The highest BCUT2D eigenvalue weighted by atomic mass is 79.9. The number of nitrogens with one attached hydrogen (secondary N) is 1. The monoisotopic (exact) mass is 342 g/mol. The van der Waals surface area contributed by atoms with Gasteiger partial charge < -0.3 is 0 Å². The third-order valence-electron chi connectivity index (χ3n) is 2.55. The summed E-state index contributed by atoms with van der Waals surface area (Å²) in [6, 6.07) is 8.11. The Bertz CT molecular complexity index is 443. The second-order valence-corrected chi connectivity index (χ2v) is 5.94. The largest absolute Gasteiger partial charge is 0.272 e. The molecule has 0 radical (unpaired) electrons. The van der Waals surface area contributed by atoms with Crippen LogP contribution in [0.15, 0.2) is 33.8 Å². The Morgan fingerprint density at radius 3 is 2.74 bits per heavy atom. The van der Waals surface area contributed by atoms with Crippen molar-refractivity contribution in [3.05, 3.63) is 34.3 Å². The van der Waals surface area contributed by atoms with Gasteiger partial charge >= 0.3 is 0 Å². The van der Waals surface area contributed by atoms with Crippen molar-refractivity contribution in [2.45, 2.75) is 32.4 Å². The maximum Gasteiger partial charge on any atom is 0.250 e. The maximum atomic E-state index is 11.6. The lowest BCUT2D eigenvalue weighted by Gasteiger charge is -2.03. The van der Waals surface area contributed by atoms with Crippen molar-refractivity contribution in [1.82, 2.24) is 5.43 Å². The minimum absolute atomic E-state index is 0.0422. The average molecular weight is 343 g/mol. The summed E-state index contributed by atoms with van der Waals surface area (Å²) in [5.74, 6) is 1.21. The van der Waals surface area contributed by atoms with Crippen LogP contribution in [0.1, 0.15) is 32.3 Å². The summed E-state index contributed by atoms with van der Waals surface area (Å²) in [5.41, 5.74) is 4.83. The van der Waals surface area contributed by atoms with Crippen molar-refractivity contribution in [3.63, 3.8) is 0 Å². The third kappa shape index (κ3) is 6.78. The van der Waals surface area contributed by atoms with Gasteiger partial charge in [0.05, 0.1) is 5.75 Å². The quantitative estimate of drug-likeness (QED) is 0.601. The van der Waals surface area contributed by atoms with E-state index in [0.29, 0.717) is 5.75 Å². The molecule has 0 saturated carbocycles. The van der Waals surface area contributed by atoms with Crippen molar-refractivity contribution in [2.24, 2.45) is 5.10 Å². The molecule has 19 heavy (non-hydrogen) atoms. The molecule has 1 amide bonds. The van der Waals surface area contributed by atoms with E-state index in [1.54, 1.807) is 11.8 Å². The Hall–Kier alpha value is -0.810. The van der Waals surface area contributed by atoms with Crippen LogP contribution in [0.25, 0.3) is 0 Å². The first-order valence-electron chi connectivity index (χ1n) is 6.32. The summed E-state index contributed by atoms with van der Waals surface area (Å²) in [5, 5.41) is 4.10. The molecular formula is C14H19BrN2OS. The zero-order chi connectivity index (χ0) is 14.1. The molecule has 0 fully saturated rings. The fraction of sp³-hybridized carbons (Fsp3) is 0.429. The van der Waals surface area contributed by atoms with E-state index in [2.05, 4.69) is 38.6 Å². The van der Waals surface area contributed by atoms with E-state index in [-0.39, 0.29) is 5.91 Å². The summed E-state index contributed by atoms with van der Waals surface area (Å²) < 4.78 is 1.06. The van der Waals surface area contributed by atoms with Crippen molar-refractivity contribution < 1.29 is 4.79 Å².